The van der Waals surface area contributed by atoms with Crippen LogP contribution in [0.25, 0.3) is 16.6 Å². The van der Waals surface area contributed by atoms with Gasteiger partial charge >= 0.3 is 6.18 Å². The van der Waals surface area contributed by atoms with Crippen LogP contribution in [0.1, 0.15) is 66.4 Å². The van der Waals surface area contributed by atoms with Crippen molar-refractivity contribution in [1.29, 1.82) is 0 Å². The Kier molecular flexibility index (Phi) is 7.99. The second kappa shape index (κ2) is 11.5. The lowest BCUT2D eigenvalue weighted by Crippen LogP contribution is -2.50. The van der Waals surface area contributed by atoms with Gasteiger partial charge in [-0.2, -0.15) is 13.2 Å². The molecule has 0 spiro atoms. The minimum absolute atomic E-state index is 0.105. The van der Waals surface area contributed by atoms with Crippen molar-refractivity contribution in [2.75, 3.05) is 19.6 Å². The Morgan fingerprint density at radius 1 is 1.09 bits per heavy atom. The van der Waals surface area contributed by atoms with Crippen molar-refractivity contribution < 1.29 is 31.9 Å². The van der Waals surface area contributed by atoms with Crippen LogP contribution in [0.5, 0.6) is 0 Å². The third-order valence-electron chi connectivity index (χ3n) is 9.81. The number of hydrogen-bond acceptors (Lipinski definition) is 5. The van der Waals surface area contributed by atoms with Crippen molar-refractivity contribution in [1.82, 2.24) is 24.7 Å². The van der Waals surface area contributed by atoms with E-state index in [1.165, 1.54) is 26.1 Å². The summed E-state index contributed by atoms with van der Waals surface area (Å²) < 4.78 is 57.6. The largest absolute Gasteiger partial charge is 0.408 e. The Morgan fingerprint density at radius 3 is 2.40 bits per heavy atom. The molecule has 6 rings (SSSR count). The Balaban J connectivity index is 1.34. The van der Waals surface area contributed by atoms with Gasteiger partial charge in [-0.05, 0) is 89.6 Å². The van der Waals surface area contributed by atoms with Gasteiger partial charge in [0.05, 0.1) is 29.0 Å². The molecule has 3 fully saturated rings. The zero-order valence-corrected chi connectivity index (χ0v) is 25.7. The van der Waals surface area contributed by atoms with Gasteiger partial charge in [0.25, 0.3) is 5.91 Å². The van der Waals surface area contributed by atoms with E-state index in [-0.39, 0.29) is 34.9 Å². The molecule has 1 aliphatic carbocycles. The van der Waals surface area contributed by atoms with Crippen LogP contribution < -0.4 is 5.32 Å². The number of ketones is 1. The van der Waals surface area contributed by atoms with Crippen LogP contribution in [0.4, 0.5) is 17.6 Å². The average Bonchev–Trinajstić information content (AvgIpc) is 3.55. The van der Waals surface area contributed by atoms with Crippen LogP contribution >= 0.6 is 0 Å². The number of aromatic nitrogens is 2. The molecule has 2 saturated heterocycles. The van der Waals surface area contributed by atoms with Crippen molar-refractivity contribution in [3.05, 3.63) is 59.3 Å². The summed E-state index contributed by atoms with van der Waals surface area (Å²) in [6.07, 6.45) is 0.474. The summed E-state index contributed by atoms with van der Waals surface area (Å²) in [4.78, 5) is 47.8. The summed E-state index contributed by atoms with van der Waals surface area (Å²) in [5.41, 5.74) is 1.25. The number of pyridine rings is 1. The number of carbonyl (C=O) groups is 3. The third-order valence-corrected chi connectivity index (χ3v) is 9.81. The Bertz CT molecular complexity index is 1660. The van der Waals surface area contributed by atoms with Gasteiger partial charge in [-0.15, -0.1) is 0 Å². The van der Waals surface area contributed by atoms with Crippen LogP contribution in [0.15, 0.2) is 36.7 Å². The zero-order chi connectivity index (χ0) is 32.4. The lowest BCUT2D eigenvalue weighted by molar-refractivity contribution is -0.175. The fraction of sp³-hybridized carbons (Fsp3) is 0.515. The topological polar surface area (TPSA) is 87.5 Å². The summed E-state index contributed by atoms with van der Waals surface area (Å²) in [7, 11) is 0. The minimum atomic E-state index is -4.69. The maximum atomic E-state index is 14.6. The van der Waals surface area contributed by atoms with Gasteiger partial charge in [0.2, 0.25) is 5.91 Å². The lowest BCUT2D eigenvalue weighted by Gasteiger charge is -2.34. The SMILES string of the molecule is Cc1c(C(=O)C2CCN(C(=O)[C@H]3NC[C@@H]4C[C@@H]43)CC2)c2ccncc2n1-c1ccc(F)cc1C(=O)N(C(C)C)[C@H](C)C(F)(F)F. The van der Waals surface area contributed by atoms with Crippen LogP contribution in [0.2, 0.25) is 0 Å². The highest BCUT2D eigenvalue weighted by molar-refractivity contribution is 6.11. The highest BCUT2D eigenvalue weighted by atomic mass is 19.4. The van der Waals surface area contributed by atoms with E-state index in [1.54, 1.807) is 23.8 Å². The molecule has 240 valence electrons. The molecule has 2 aliphatic heterocycles. The van der Waals surface area contributed by atoms with Gasteiger partial charge < -0.3 is 19.7 Å². The summed E-state index contributed by atoms with van der Waals surface area (Å²) >= 11 is 0. The number of carbonyl (C=O) groups excluding carboxylic acids is 3. The standard InChI is InChI=1S/C33H37F4N5O3/c1-17(2)41(19(4)33(35,36)37)31(44)25-14-22(34)5-6-26(25)42-18(3)28(23-7-10-38-16-27(23)42)30(43)20-8-11-40(12-9-20)32(45)29-24-13-21(24)15-39-29/h5-7,10,14,16-17,19-21,24,29,39H,8-9,11-13,15H2,1-4H3/t19-,21+,24+,29+/m1/s1. The van der Waals surface area contributed by atoms with Crippen LogP contribution in [0.3, 0.4) is 0 Å². The first-order valence-electron chi connectivity index (χ1n) is 15.5. The van der Waals surface area contributed by atoms with E-state index >= 15 is 0 Å². The van der Waals surface area contributed by atoms with Crippen LogP contribution in [-0.2, 0) is 4.79 Å². The molecule has 8 nitrogen and oxygen atoms in total. The minimum Gasteiger partial charge on any atom is -0.341 e. The van der Waals surface area contributed by atoms with Crippen molar-refractivity contribution in [3.8, 4) is 5.69 Å². The molecule has 45 heavy (non-hydrogen) atoms. The van der Waals surface area contributed by atoms with E-state index < -0.39 is 30.0 Å². The number of piperidine rings is 2. The number of benzene rings is 1. The normalized spacial score (nSPS) is 22.5. The van der Waals surface area contributed by atoms with E-state index in [4.69, 9.17) is 0 Å². The maximum absolute atomic E-state index is 14.6. The highest BCUT2D eigenvalue weighted by Crippen LogP contribution is 2.46. The predicted molar refractivity (Wildman–Crippen MR) is 160 cm³/mol. The number of halogens is 4. The fourth-order valence-corrected chi connectivity index (χ4v) is 7.29. The number of hydrogen-bond donors (Lipinski definition) is 1. The molecule has 0 unspecified atom stereocenters. The summed E-state index contributed by atoms with van der Waals surface area (Å²) in [6.45, 7) is 7.39. The second-order valence-electron chi connectivity index (χ2n) is 12.9. The number of amides is 2. The molecule has 3 aliphatic rings. The van der Waals surface area contributed by atoms with Crippen LogP contribution in [-0.4, -0.2) is 80.9 Å². The molecule has 1 aromatic carbocycles. The van der Waals surface area contributed by atoms with Gasteiger partial charge in [-0.3, -0.25) is 19.4 Å². The molecule has 0 radical (unpaired) electrons. The monoisotopic (exact) mass is 627 g/mol. The van der Waals surface area contributed by atoms with E-state index in [1.807, 2.05) is 4.90 Å². The number of likely N-dealkylation sites (tertiary alicyclic amines) is 1. The molecule has 2 amide bonds. The van der Waals surface area contributed by atoms with Gasteiger partial charge in [0, 0.05) is 47.9 Å². The molecular formula is C33H37F4N5O3. The van der Waals surface area contributed by atoms with E-state index in [2.05, 4.69) is 10.3 Å². The van der Waals surface area contributed by atoms with Gasteiger partial charge in [0.15, 0.2) is 5.78 Å². The molecule has 0 bridgehead atoms. The second-order valence-corrected chi connectivity index (χ2v) is 12.9. The third kappa shape index (κ3) is 5.51. The smallest absolute Gasteiger partial charge is 0.341 e. The first kappa shape index (κ1) is 31.2. The lowest BCUT2D eigenvalue weighted by atomic mass is 9.87. The molecule has 2 aromatic heterocycles. The number of Topliss-reactive ketones (excluding diaryl/α,β-unsaturated/α-hetero) is 1. The molecule has 4 atom stereocenters. The van der Waals surface area contributed by atoms with E-state index in [0.717, 1.165) is 32.0 Å². The first-order valence-corrected chi connectivity index (χ1v) is 15.5. The van der Waals surface area contributed by atoms with Crippen molar-refractivity contribution in [3.63, 3.8) is 0 Å². The number of alkyl halides is 3. The Morgan fingerprint density at radius 2 is 1.80 bits per heavy atom. The number of fused-ring (bicyclic) bond motifs is 2. The molecular weight excluding hydrogens is 590 g/mol. The summed E-state index contributed by atoms with van der Waals surface area (Å²) in [5, 5.41) is 3.91. The van der Waals surface area contributed by atoms with Crippen molar-refractivity contribution >= 4 is 28.5 Å². The van der Waals surface area contributed by atoms with Crippen molar-refractivity contribution in [2.24, 2.45) is 17.8 Å². The van der Waals surface area contributed by atoms with E-state index in [9.17, 15) is 31.9 Å². The number of nitrogens with one attached hydrogen (secondary N) is 1. The van der Waals surface area contributed by atoms with Gasteiger partial charge in [-0.1, -0.05) is 0 Å². The van der Waals surface area contributed by atoms with E-state index in [0.29, 0.717) is 64.8 Å². The Labute approximate surface area is 258 Å². The predicted octanol–water partition coefficient (Wildman–Crippen LogP) is 5.30. The van der Waals surface area contributed by atoms with Gasteiger partial charge in [-0.25, -0.2) is 4.39 Å². The molecule has 3 aromatic rings. The number of rotatable bonds is 7. The first-order chi connectivity index (χ1) is 21.3. The Hall–Kier alpha value is -3.80. The van der Waals surface area contributed by atoms with Crippen molar-refractivity contribution in [2.45, 2.75) is 71.3 Å². The van der Waals surface area contributed by atoms with Crippen LogP contribution in [0, 0.1) is 30.5 Å². The summed E-state index contributed by atoms with van der Waals surface area (Å²) in [6, 6.07) is 2.04. The average molecular weight is 628 g/mol. The summed E-state index contributed by atoms with van der Waals surface area (Å²) in [5.74, 6) is -1.08. The molecule has 1 N–H and O–H groups in total. The highest BCUT2D eigenvalue weighted by Gasteiger charge is 2.52. The number of nitrogens with zero attached hydrogens (tertiary/aromatic N) is 4. The van der Waals surface area contributed by atoms with Gasteiger partial charge in [0.1, 0.15) is 11.9 Å². The zero-order valence-electron chi connectivity index (χ0n) is 25.7. The maximum Gasteiger partial charge on any atom is 0.408 e. The quantitative estimate of drug-likeness (QED) is 0.284. The fourth-order valence-electron chi connectivity index (χ4n) is 7.29. The molecule has 4 heterocycles. The molecule has 12 heteroatoms. The molecule has 1 saturated carbocycles.